The Bertz CT molecular complexity index is 649. The molecule has 0 saturated heterocycles. The van der Waals surface area contributed by atoms with Crippen LogP contribution in [-0.2, 0) is 13.1 Å². The van der Waals surface area contributed by atoms with E-state index >= 15 is 0 Å². The van der Waals surface area contributed by atoms with Crippen LogP contribution in [0.1, 0.15) is 25.2 Å². The van der Waals surface area contributed by atoms with E-state index < -0.39 is 0 Å². The van der Waals surface area contributed by atoms with Crippen LogP contribution in [0.15, 0.2) is 58.8 Å². The molecule has 2 aromatic rings. The molecule has 6 nitrogen and oxygen atoms in total. The van der Waals surface area contributed by atoms with E-state index in [1.807, 2.05) is 38.1 Å². The van der Waals surface area contributed by atoms with Crippen LogP contribution in [0.3, 0.4) is 0 Å². The molecule has 2 heterocycles. The molecule has 2 rings (SSSR count). The first-order valence-electron chi connectivity index (χ1n) is 6.98. The van der Waals surface area contributed by atoms with Gasteiger partial charge in [-0.05, 0) is 26.0 Å². The van der Waals surface area contributed by atoms with Crippen LogP contribution in [0.5, 0.6) is 0 Å². The average Bonchev–Trinajstić information content (AvgIpc) is 2.52. The Morgan fingerprint density at radius 3 is 1.59 bits per heavy atom. The molecule has 6 heteroatoms. The summed E-state index contributed by atoms with van der Waals surface area (Å²) >= 11 is 0. The van der Waals surface area contributed by atoms with Crippen molar-refractivity contribution in [3.05, 3.63) is 60.2 Å². The van der Waals surface area contributed by atoms with Gasteiger partial charge in [0.2, 0.25) is 12.4 Å². The summed E-state index contributed by atoms with van der Waals surface area (Å²) in [7, 11) is 0. The van der Waals surface area contributed by atoms with Crippen LogP contribution < -0.4 is 9.46 Å². The van der Waals surface area contributed by atoms with Crippen molar-refractivity contribution < 1.29 is 19.9 Å². The van der Waals surface area contributed by atoms with Crippen LogP contribution in [-0.4, -0.2) is 21.8 Å². The number of aliphatic imine (C=N–C) groups is 2. The molecular weight excluding hydrogens is 280 g/mol. The third-order valence-corrected chi connectivity index (χ3v) is 3.32. The number of pyridine rings is 2. The lowest BCUT2D eigenvalue weighted by Crippen LogP contribution is -2.34. The molecule has 0 amide bonds. The van der Waals surface area contributed by atoms with E-state index in [4.69, 9.17) is 0 Å². The Labute approximate surface area is 129 Å². The SMILES string of the molecule is CC(=NCc1cccc[n+]1O)C(C)=NCc1cccc[n+]1O. The molecule has 22 heavy (non-hydrogen) atoms. The van der Waals surface area contributed by atoms with E-state index in [0.717, 1.165) is 20.9 Å². The third kappa shape index (κ3) is 4.12. The fourth-order valence-electron chi connectivity index (χ4n) is 1.82. The molecule has 0 spiro atoms. The summed E-state index contributed by atoms with van der Waals surface area (Å²) in [5.41, 5.74) is 2.99. The van der Waals surface area contributed by atoms with E-state index in [1.54, 1.807) is 24.5 Å². The second kappa shape index (κ2) is 7.31. The normalized spacial score (nSPS) is 12.5. The zero-order valence-corrected chi connectivity index (χ0v) is 12.7. The third-order valence-electron chi connectivity index (χ3n) is 3.32. The van der Waals surface area contributed by atoms with Crippen molar-refractivity contribution in [2.24, 2.45) is 9.98 Å². The number of hydrogen-bond donors (Lipinski definition) is 2. The van der Waals surface area contributed by atoms with Gasteiger partial charge in [0, 0.05) is 33.7 Å². The van der Waals surface area contributed by atoms with Crippen LogP contribution >= 0.6 is 0 Å². The van der Waals surface area contributed by atoms with Gasteiger partial charge in [-0.15, -0.1) is 0 Å². The molecule has 114 valence electrons. The highest BCUT2D eigenvalue weighted by molar-refractivity contribution is 6.40. The highest BCUT2D eigenvalue weighted by Crippen LogP contribution is 1.98. The smallest absolute Gasteiger partial charge is 0.255 e. The maximum atomic E-state index is 9.63. The number of hydrogen-bond acceptors (Lipinski definition) is 4. The van der Waals surface area contributed by atoms with E-state index in [9.17, 15) is 10.4 Å². The highest BCUT2D eigenvalue weighted by Gasteiger charge is 2.09. The van der Waals surface area contributed by atoms with E-state index in [1.165, 1.54) is 0 Å². The average molecular weight is 300 g/mol. The van der Waals surface area contributed by atoms with E-state index in [-0.39, 0.29) is 0 Å². The highest BCUT2D eigenvalue weighted by atomic mass is 16.5. The van der Waals surface area contributed by atoms with Gasteiger partial charge in [0.05, 0.1) is 11.4 Å². The number of aromatic nitrogens is 2. The van der Waals surface area contributed by atoms with Crippen molar-refractivity contribution >= 4 is 11.4 Å². The molecule has 0 aromatic carbocycles. The van der Waals surface area contributed by atoms with Crippen molar-refractivity contribution in [1.29, 1.82) is 0 Å². The molecule has 0 bridgehead atoms. The Balaban J connectivity index is 2.03. The zero-order chi connectivity index (χ0) is 15.9. The zero-order valence-electron chi connectivity index (χ0n) is 12.7. The molecule has 2 N–H and O–H groups in total. The maximum absolute atomic E-state index is 9.63. The van der Waals surface area contributed by atoms with Crippen LogP contribution in [0, 0.1) is 0 Å². The second-order valence-electron chi connectivity index (χ2n) is 4.88. The standard InChI is InChI=1S/C16H20N4O2/c1-13(17-11-15-7-3-5-9-19(15)21)14(2)18-12-16-8-4-6-10-20(16)22/h3-10,21-22H,11-12H2,1-2H3/q+2. The van der Waals surface area contributed by atoms with Crippen molar-refractivity contribution in [1.82, 2.24) is 0 Å². The fourth-order valence-corrected chi connectivity index (χ4v) is 1.82. The van der Waals surface area contributed by atoms with Crippen LogP contribution in [0.2, 0.25) is 0 Å². The van der Waals surface area contributed by atoms with Gasteiger partial charge in [0.1, 0.15) is 13.1 Å². The van der Waals surface area contributed by atoms with Crippen molar-refractivity contribution in [2.75, 3.05) is 0 Å². The van der Waals surface area contributed by atoms with Crippen LogP contribution in [0.25, 0.3) is 0 Å². The number of rotatable bonds is 5. The lowest BCUT2D eigenvalue weighted by Gasteiger charge is -2.00. The fraction of sp³-hybridized carbons (Fsp3) is 0.250. The molecule has 0 aliphatic rings. The Hall–Kier alpha value is -2.76. The molecule has 0 aliphatic heterocycles. The number of nitrogens with zero attached hydrogens (tertiary/aromatic N) is 4. The van der Waals surface area contributed by atoms with Crippen molar-refractivity contribution in [3.63, 3.8) is 0 Å². The minimum absolute atomic E-state index is 0.376. The minimum Gasteiger partial charge on any atom is -0.285 e. The van der Waals surface area contributed by atoms with Gasteiger partial charge in [-0.1, -0.05) is 0 Å². The Morgan fingerprint density at radius 1 is 0.818 bits per heavy atom. The quantitative estimate of drug-likeness (QED) is 0.497. The van der Waals surface area contributed by atoms with Gasteiger partial charge in [0.25, 0.3) is 11.4 Å². The monoisotopic (exact) mass is 300 g/mol. The molecule has 0 atom stereocenters. The summed E-state index contributed by atoms with van der Waals surface area (Å²) in [6.45, 7) is 4.51. The maximum Gasteiger partial charge on any atom is 0.255 e. The summed E-state index contributed by atoms with van der Waals surface area (Å²) in [5.74, 6) is 0. The summed E-state index contributed by atoms with van der Waals surface area (Å²) < 4.78 is 2.11. The minimum atomic E-state index is 0.376. The predicted octanol–water partition coefficient (Wildman–Crippen LogP) is 1.36. The van der Waals surface area contributed by atoms with Gasteiger partial charge in [-0.3, -0.25) is 20.4 Å². The van der Waals surface area contributed by atoms with Gasteiger partial charge >= 0.3 is 0 Å². The lowest BCUT2D eigenvalue weighted by atomic mass is 10.2. The van der Waals surface area contributed by atoms with Crippen LogP contribution in [0.4, 0.5) is 0 Å². The summed E-state index contributed by atoms with van der Waals surface area (Å²) in [5, 5.41) is 19.3. The first-order valence-corrected chi connectivity index (χ1v) is 6.98. The first kappa shape index (κ1) is 15.6. The molecule has 2 aromatic heterocycles. The second-order valence-corrected chi connectivity index (χ2v) is 4.88. The summed E-state index contributed by atoms with van der Waals surface area (Å²) in [6, 6.07) is 10.8. The molecule has 0 aliphatic carbocycles. The van der Waals surface area contributed by atoms with Gasteiger partial charge in [0.15, 0.2) is 0 Å². The van der Waals surface area contributed by atoms with E-state index in [2.05, 4.69) is 9.98 Å². The van der Waals surface area contributed by atoms with Gasteiger partial charge in [-0.25, -0.2) is 0 Å². The van der Waals surface area contributed by atoms with E-state index in [0.29, 0.717) is 24.5 Å². The summed E-state index contributed by atoms with van der Waals surface area (Å²) in [4.78, 5) is 8.85. The molecule has 0 radical (unpaired) electrons. The Kier molecular flexibility index (Phi) is 5.19. The Morgan fingerprint density at radius 2 is 1.23 bits per heavy atom. The summed E-state index contributed by atoms with van der Waals surface area (Å²) in [6.07, 6.45) is 3.13. The van der Waals surface area contributed by atoms with Gasteiger partial charge < -0.3 is 0 Å². The molecule has 0 unspecified atom stereocenters. The van der Waals surface area contributed by atoms with Gasteiger partial charge in [-0.2, -0.15) is 0 Å². The topological polar surface area (TPSA) is 72.9 Å². The molecule has 0 fully saturated rings. The van der Waals surface area contributed by atoms with Crippen molar-refractivity contribution in [2.45, 2.75) is 26.9 Å². The first-order chi connectivity index (χ1) is 10.6. The predicted molar refractivity (Wildman–Crippen MR) is 81.3 cm³/mol. The molecular formula is C16H20N4O2+2. The lowest BCUT2D eigenvalue weighted by molar-refractivity contribution is -0.909. The molecule has 0 saturated carbocycles. The van der Waals surface area contributed by atoms with Crippen molar-refractivity contribution in [3.8, 4) is 0 Å². The largest absolute Gasteiger partial charge is 0.285 e.